The van der Waals surface area contributed by atoms with Crippen LogP contribution >= 0.6 is 0 Å². The Labute approximate surface area is 91.6 Å². The number of anilines is 1. The number of aromatic nitrogens is 2. The van der Waals surface area contributed by atoms with E-state index in [1.54, 1.807) is 6.07 Å². The Morgan fingerprint density at radius 3 is 2.94 bits per heavy atom. The van der Waals surface area contributed by atoms with Gasteiger partial charge in [0, 0.05) is 12.6 Å². The molecule has 2 heterocycles. The summed E-state index contributed by atoms with van der Waals surface area (Å²) in [5.74, 6) is 0.483. The maximum Gasteiger partial charge on any atom is 0.410 e. The highest BCUT2D eigenvalue weighted by Crippen LogP contribution is 2.37. The van der Waals surface area contributed by atoms with Gasteiger partial charge in [-0.3, -0.25) is 0 Å². The Hall–Kier alpha value is -1.20. The molecule has 2 rings (SSSR count). The molecule has 0 spiro atoms. The molecular weight excluding hydrogens is 219 g/mol. The highest BCUT2D eigenvalue weighted by atomic mass is 19.4. The zero-order valence-electron chi connectivity index (χ0n) is 9.01. The molecule has 6 heteroatoms. The second kappa shape index (κ2) is 3.99. The van der Waals surface area contributed by atoms with Gasteiger partial charge in [0.1, 0.15) is 5.82 Å². The predicted molar refractivity (Wildman–Crippen MR) is 54.4 cm³/mol. The summed E-state index contributed by atoms with van der Waals surface area (Å²) < 4.78 is 39.3. The van der Waals surface area contributed by atoms with Crippen molar-refractivity contribution in [1.29, 1.82) is 0 Å². The molecule has 1 aliphatic heterocycles. The van der Waals surface area contributed by atoms with Crippen LogP contribution in [0.2, 0.25) is 0 Å². The maximum absolute atomic E-state index is 12.7. The number of aryl methyl sites for hydroxylation is 1. The highest BCUT2D eigenvalue weighted by Gasteiger charge is 2.43. The third-order valence-electron chi connectivity index (χ3n) is 2.69. The number of hydrogen-bond acceptors (Lipinski definition) is 2. The third kappa shape index (κ3) is 2.01. The summed E-state index contributed by atoms with van der Waals surface area (Å²) in [5.41, 5.74) is 0.723. The Morgan fingerprint density at radius 1 is 1.56 bits per heavy atom. The number of halogens is 3. The van der Waals surface area contributed by atoms with Crippen LogP contribution in [0.25, 0.3) is 0 Å². The Bertz CT molecular complexity index is 370. The van der Waals surface area contributed by atoms with Gasteiger partial charge in [0.15, 0.2) is 6.04 Å². The van der Waals surface area contributed by atoms with E-state index in [9.17, 15) is 13.2 Å². The zero-order chi connectivity index (χ0) is 11.8. The van der Waals surface area contributed by atoms with Gasteiger partial charge in [-0.25, -0.2) is 4.68 Å². The lowest BCUT2D eigenvalue weighted by atomic mass is 10.1. The van der Waals surface area contributed by atoms with E-state index in [4.69, 9.17) is 0 Å². The summed E-state index contributed by atoms with van der Waals surface area (Å²) in [5, 5.41) is 6.97. The molecule has 0 aliphatic carbocycles. The normalized spacial score (nSPS) is 20.4. The average Bonchev–Trinajstić information content (AvgIpc) is 2.58. The molecule has 1 N–H and O–H groups in total. The number of nitrogens with zero attached hydrogens (tertiary/aromatic N) is 2. The second-order valence-corrected chi connectivity index (χ2v) is 3.99. The molecule has 1 aliphatic rings. The molecule has 1 unspecified atom stereocenters. The quantitative estimate of drug-likeness (QED) is 0.851. The van der Waals surface area contributed by atoms with E-state index in [0.717, 1.165) is 16.8 Å². The van der Waals surface area contributed by atoms with Gasteiger partial charge < -0.3 is 5.32 Å². The van der Waals surface area contributed by atoms with Crippen LogP contribution in [0.1, 0.15) is 31.5 Å². The lowest BCUT2D eigenvalue weighted by molar-refractivity contribution is -0.171. The minimum absolute atomic E-state index is 0.0454. The summed E-state index contributed by atoms with van der Waals surface area (Å²) in [6, 6.07) is 0.232. The topological polar surface area (TPSA) is 29.9 Å². The fraction of sp³-hybridized carbons (Fsp3) is 0.700. The van der Waals surface area contributed by atoms with Crippen molar-refractivity contribution in [1.82, 2.24) is 9.78 Å². The summed E-state index contributed by atoms with van der Waals surface area (Å²) in [7, 11) is 0. The molecule has 0 saturated carbocycles. The summed E-state index contributed by atoms with van der Waals surface area (Å²) >= 11 is 0. The van der Waals surface area contributed by atoms with E-state index >= 15 is 0 Å². The molecule has 3 nitrogen and oxygen atoms in total. The molecule has 16 heavy (non-hydrogen) atoms. The van der Waals surface area contributed by atoms with Crippen LogP contribution in [0.15, 0.2) is 6.07 Å². The molecule has 0 amide bonds. The van der Waals surface area contributed by atoms with Crippen molar-refractivity contribution in [2.24, 2.45) is 0 Å². The van der Waals surface area contributed by atoms with Crippen molar-refractivity contribution in [2.45, 2.75) is 38.4 Å². The lowest BCUT2D eigenvalue weighted by Gasteiger charge is -2.27. The van der Waals surface area contributed by atoms with Crippen molar-refractivity contribution in [3.05, 3.63) is 11.8 Å². The Balaban J connectivity index is 2.31. The Kier molecular flexibility index (Phi) is 2.82. The van der Waals surface area contributed by atoms with Crippen LogP contribution in [0.4, 0.5) is 19.0 Å². The van der Waals surface area contributed by atoms with Crippen LogP contribution < -0.4 is 5.32 Å². The van der Waals surface area contributed by atoms with Gasteiger partial charge in [0.2, 0.25) is 0 Å². The first kappa shape index (κ1) is 11.3. The van der Waals surface area contributed by atoms with Gasteiger partial charge in [-0.15, -0.1) is 0 Å². The molecule has 90 valence electrons. The fourth-order valence-electron chi connectivity index (χ4n) is 1.95. The van der Waals surface area contributed by atoms with Crippen molar-refractivity contribution in [3.63, 3.8) is 0 Å². The summed E-state index contributed by atoms with van der Waals surface area (Å²) in [4.78, 5) is 0. The van der Waals surface area contributed by atoms with E-state index < -0.39 is 12.2 Å². The summed E-state index contributed by atoms with van der Waals surface area (Å²) in [6.45, 7) is 2.33. The fourth-order valence-corrected chi connectivity index (χ4v) is 1.95. The third-order valence-corrected chi connectivity index (χ3v) is 2.69. The minimum Gasteiger partial charge on any atom is -0.370 e. The molecule has 1 aromatic rings. The standard InChI is InChI=1S/C10H14F3N3/c1-2-3-7-6-9-14-5-4-8(10(11,12)13)16(9)15-7/h6,8,14H,2-5H2,1H3. The molecule has 1 aromatic heterocycles. The minimum atomic E-state index is -4.22. The lowest BCUT2D eigenvalue weighted by Crippen LogP contribution is -2.33. The number of hydrogen-bond donors (Lipinski definition) is 1. The SMILES string of the molecule is CCCc1cc2n(n1)C(C(F)(F)F)CCN2. The molecule has 0 bridgehead atoms. The monoisotopic (exact) mass is 233 g/mol. The maximum atomic E-state index is 12.7. The van der Waals surface area contributed by atoms with Crippen LogP contribution in [-0.2, 0) is 6.42 Å². The van der Waals surface area contributed by atoms with Gasteiger partial charge in [0.05, 0.1) is 5.69 Å². The second-order valence-electron chi connectivity index (χ2n) is 3.99. The van der Waals surface area contributed by atoms with Crippen LogP contribution in [0.5, 0.6) is 0 Å². The van der Waals surface area contributed by atoms with Crippen LogP contribution in [0, 0.1) is 0 Å². The number of alkyl halides is 3. The number of nitrogens with one attached hydrogen (secondary N) is 1. The smallest absolute Gasteiger partial charge is 0.370 e. The Morgan fingerprint density at radius 2 is 2.31 bits per heavy atom. The van der Waals surface area contributed by atoms with Crippen LogP contribution in [0.3, 0.4) is 0 Å². The van der Waals surface area contributed by atoms with E-state index in [-0.39, 0.29) is 6.42 Å². The first-order valence-electron chi connectivity index (χ1n) is 5.41. The zero-order valence-corrected chi connectivity index (χ0v) is 9.01. The first-order chi connectivity index (χ1) is 7.52. The van der Waals surface area contributed by atoms with Crippen molar-refractivity contribution in [2.75, 3.05) is 11.9 Å². The predicted octanol–water partition coefficient (Wildman–Crippen LogP) is 2.75. The number of fused-ring (bicyclic) bond motifs is 1. The average molecular weight is 233 g/mol. The van der Waals surface area contributed by atoms with Crippen LogP contribution in [-0.4, -0.2) is 22.5 Å². The molecule has 0 radical (unpaired) electrons. The van der Waals surface area contributed by atoms with E-state index in [0.29, 0.717) is 18.8 Å². The first-order valence-corrected chi connectivity index (χ1v) is 5.41. The van der Waals surface area contributed by atoms with E-state index in [1.165, 1.54) is 0 Å². The molecule has 0 aromatic carbocycles. The van der Waals surface area contributed by atoms with Crippen molar-refractivity contribution >= 4 is 5.82 Å². The molecular formula is C10H14F3N3. The van der Waals surface area contributed by atoms with Gasteiger partial charge in [-0.2, -0.15) is 18.3 Å². The van der Waals surface area contributed by atoms with Gasteiger partial charge in [-0.1, -0.05) is 13.3 Å². The molecule has 0 fully saturated rings. The van der Waals surface area contributed by atoms with E-state index in [1.807, 2.05) is 6.92 Å². The highest BCUT2D eigenvalue weighted by molar-refractivity contribution is 5.39. The largest absolute Gasteiger partial charge is 0.410 e. The van der Waals surface area contributed by atoms with Gasteiger partial charge >= 0.3 is 6.18 Å². The van der Waals surface area contributed by atoms with E-state index in [2.05, 4.69) is 10.4 Å². The van der Waals surface area contributed by atoms with Gasteiger partial charge in [0.25, 0.3) is 0 Å². The van der Waals surface area contributed by atoms with Crippen molar-refractivity contribution < 1.29 is 13.2 Å². The van der Waals surface area contributed by atoms with Crippen molar-refractivity contribution in [3.8, 4) is 0 Å². The molecule has 0 saturated heterocycles. The number of rotatable bonds is 2. The van der Waals surface area contributed by atoms with Gasteiger partial charge in [-0.05, 0) is 12.8 Å². The molecule has 1 atom stereocenters. The summed E-state index contributed by atoms with van der Waals surface area (Å²) in [6.07, 6.45) is -2.57.